The highest BCUT2D eigenvalue weighted by Crippen LogP contribution is 2.19. The molecule has 2 aromatic heterocycles. The monoisotopic (exact) mass is 496 g/mol. The Balaban J connectivity index is 1.82. The summed E-state index contributed by atoms with van der Waals surface area (Å²) in [6.45, 7) is 7.89. The van der Waals surface area contributed by atoms with Crippen LogP contribution in [0, 0.1) is 5.92 Å². The smallest absolute Gasteiger partial charge is 0.352 e. The molecule has 10 nitrogen and oxygen atoms in total. The quantitative estimate of drug-likeness (QED) is 0.496. The molecule has 2 amide bonds. The third-order valence-electron chi connectivity index (χ3n) is 6.84. The van der Waals surface area contributed by atoms with Crippen molar-refractivity contribution in [1.29, 1.82) is 0 Å². The average Bonchev–Trinajstić information content (AvgIpc) is 3.17. The van der Waals surface area contributed by atoms with Crippen molar-refractivity contribution >= 4 is 28.5 Å². The topological polar surface area (TPSA) is 120 Å². The van der Waals surface area contributed by atoms with Crippen LogP contribution < -0.4 is 21.9 Å². The van der Waals surface area contributed by atoms with Crippen molar-refractivity contribution in [2.75, 3.05) is 0 Å². The molecule has 1 fully saturated rings. The molecule has 1 aliphatic rings. The number of benzene rings is 1. The normalized spacial score (nSPS) is 15.5. The van der Waals surface area contributed by atoms with Crippen LogP contribution in [0.25, 0.3) is 16.7 Å². The van der Waals surface area contributed by atoms with E-state index < -0.39 is 5.69 Å². The summed E-state index contributed by atoms with van der Waals surface area (Å²) in [6, 6.07) is 4.91. The summed E-state index contributed by atoms with van der Waals surface area (Å²) in [5.74, 6) is -0.271. The number of carbonyl (C=O) groups excluding carboxylic acids is 2. The molecular weight excluding hydrogens is 460 g/mol. The highest BCUT2D eigenvalue weighted by atomic mass is 16.2. The van der Waals surface area contributed by atoms with Crippen LogP contribution in [-0.4, -0.2) is 42.6 Å². The zero-order valence-electron chi connectivity index (χ0n) is 21.5. The van der Waals surface area contributed by atoms with Crippen molar-refractivity contribution in [2.45, 2.75) is 91.4 Å². The first-order valence-corrected chi connectivity index (χ1v) is 13.0. The lowest BCUT2D eigenvalue weighted by Crippen LogP contribution is -2.37. The number of hydrogen-bond donors (Lipinski definition) is 2. The van der Waals surface area contributed by atoms with E-state index in [0.717, 1.165) is 36.8 Å². The van der Waals surface area contributed by atoms with Gasteiger partial charge in [-0.15, -0.1) is 5.10 Å². The maximum absolute atomic E-state index is 13.4. The highest BCUT2D eigenvalue weighted by molar-refractivity contribution is 5.98. The number of nitrogens with one attached hydrogen (secondary N) is 2. The lowest BCUT2D eigenvalue weighted by molar-refractivity contribution is -0.122. The van der Waals surface area contributed by atoms with Crippen LogP contribution in [0.15, 0.2) is 27.8 Å². The molecule has 0 radical (unpaired) electrons. The number of rotatable bonds is 8. The number of nitrogens with zero attached hydrogens (tertiary/aromatic N) is 4. The number of aromatic nitrogens is 4. The molecule has 0 aliphatic heterocycles. The van der Waals surface area contributed by atoms with Gasteiger partial charge in [-0.3, -0.25) is 19.0 Å². The van der Waals surface area contributed by atoms with Gasteiger partial charge in [0.25, 0.3) is 11.5 Å². The molecule has 10 heteroatoms. The summed E-state index contributed by atoms with van der Waals surface area (Å²) >= 11 is 0. The maximum Gasteiger partial charge on any atom is 0.352 e. The second kappa shape index (κ2) is 10.7. The van der Waals surface area contributed by atoms with Crippen molar-refractivity contribution in [1.82, 2.24) is 29.4 Å². The van der Waals surface area contributed by atoms with E-state index >= 15 is 0 Å². The first kappa shape index (κ1) is 25.7. The van der Waals surface area contributed by atoms with E-state index in [-0.39, 0.29) is 47.7 Å². The fraction of sp³-hybridized carbons (Fsp3) is 0.577. The lowest BCUT2D eigenvalue weighted by atomic mass is 9.95. The van der Waals surface area contributed by atoms with Gasteiger partial charge in [0.1, 0.15) is 6.54 Å². The third-order valence-corrected chi connectivity index (χ3v) is 6.84. The van der Waals surface area contributed by atoms with Crippen molar-refractivity contribution in [2.24, 2.45) is 5.92 Å². The van der Waals surface area contributed by atoms with Gasteiger partial charge < -0.3 is 10.6 Å². The standard InChI is InChI=1S/C26H36N6O4/c1-5-17(4)27-22(33)15-31-26(36)32-21-13-18(23(34)28-19-9-7-6-8-10-19)11-12-20(21)24(35)30(14-16(2)3)25(32)29-31/h11-13,16-17,19H,5-10,14-15H2,1-4H3,(H,27,33)(H,28,34). The van der Waals surface area contributed by atoms with Crippen LogP contribution in [0.3, 0.4) is 0 Å². The molecule has 194 valence electrons. The molecular formula is C26H36N6O4. The van der Waals surface area contributed by atoms with Crippen LogP contribution in [0.4, 0.5) is 0 Å². The molecule has 36 heavy (non-hydrogen) atoms. The third kappa shape index (κ3) is 5.22. The van der Waals surface area contributed by atoms with E-state index in [9.17, 15) is 19.2 Å². The molecule has 0 saturated heterocycles. The second-order valence-corrected chi connectivity index (χ2v) is 10.3. The molecule has 1 atom stereocenters. The van der Waals surface area contributed by atoms with Crippen LogP contribution in [-0.2, 0) is 17.9 Å². The van der Waals surface area contributed by atoms with E-state index in [4.69, 9.17) is 0 Å². The predicted octanol–water partition coefficient (Wildman–Crippen LogP) is 2.44. The van der Waals surface area contributed by atoms with E-state index in [2.05, 4.69) is 15.7 Å². The van der Waals surface area contributed by atoms with Gasteiger partial charge in [-0.1, -0.05) is 40.0 Å². The van der Waals surface area contributed by atoms with Gasteiger partial charge in [-0.05, 0) is 50.3 Å². The molecule has 0 spiro atoms. The van der Waals surface area contributed by atoms with Gasteiger partial charge in [0, 0.05) is 24.2 Å². The minimum atomic E-state index is -0.531. The van der Waals surface area contributed by atoms with E-state index in [1.54, 1.807) is 18.2 Å². The Morgan fingerprint density at radius 1 is 1.11 bits per heavy atom. The molecule has 1 saturated carbocycles. The first-order chi connectivity index (χ1) is 17.2. The summed E-state index contributed by atoms with van der Waals surface area (Å²) in [7, 11) is 0. The van der Waals surface area contributed by atoms with E-state index in [1.165, 1.54) is 15.4 Å². The van der Waals surface area contributed by atoms with Crippen molar-refractivity contribution in [3.05, 3.63) is 44.6 Å². The van der Waals surface area contributed by atoms with Crippen LogP contribution in [0.2, 0.25) is 0 Å². The zero-order valence-corrected chi connectivity index (χ0v) is 21.5. The molecule has 2 heterocycles. The summed E-state index contributed by atoms with van der Waals surface area (Å²) in [4.78, 5) is 52.4. The minimum absolute atomic E-state index is 0.0320. The SMILES string of the molecule is CCC(C)NC(=O)Cn1nc2n(CC(C)C)c(=O)c3ccc(C(=O)NC4CCCCC4)cc3n2c1=O. The fourth-order valence-electron chi connectivity index (χ4n) is 4.76. The molecule has 1 aromatic carbocycles. The van der Waals surface area contributed by atoms with Gasteiger partial charge in [0.15, 0.2) is 0 Å². The lowest BCUT2D eigenvalue weighted by Gasteiger charge is -2.22. The first-order valence-electron chi connectivity index (χ1n) is 13.0. The van der Waals surface area contributed by atoms with Crippen LogP contribution >= 0.6 is 0 Å². The van der Waals surface area contributed by atoms with Gasteiger partial charge in [-0.2, -0.15) is 0 Å². The molecule has 1 aliphatic carbocycles. The summed E-state index contributed by atoms with van der Waals surface area (Å²) in [5.41, 5.74) is -0.127. The van der Waals surface area contributed by atoms with Crippen molar-refractivity contribution < 1.29 is 9.59 Å². The number of amides is 2. The second-order valence-electron chi connectivity index (χ2n) is 10.3. The fourth-order valence-corrected chi connectivity index (χ4v) is 4.76. The average molecular weight is 497 g/mol. The zero-order chi connectivity index (χ0) is 26.0. The van der Waals surface area contributed by atoms with Gasteiger partial charge in [-0.25, -0.2) is 13.9 Å². The molecule has 2 N–H and O–H groups in total. The van der Waals surface area contributed by atoms with E-state index in [1.807, 2.05) is 27.7 Å². The van der Waals surface area contributed by atoms with Crippen molar-refractivity contribution in [3.8, 4) is 0 Å². The Kier molecular flexibility index (Phi) is 7.61. The Hall–Kier alpha value is -3.43. The van der Waals surface area contributed by atoms with Gasteiger partial charge >= 0.3 is 5.69 Å². The summed E-state index contributed by atoms with van der Waals surface area (Å²) < 4.78 is 3.89. The summed E-state index contributed by atoms with van der Waals surface area (Å²) in [6.07, 6.45) is 6.04. The number of hydrogen-bond acceptors (Lipinski definition) is 5. The Bertz CT molecular complexity index is 1390. The van der Waals surface area contributed by atoms with Gasteiger partial charge in [0.2, 0.25) is 11.7 Å². The molecule has 0 bridgehead atoms. The minimum Gasteiger partial charge on any atom is -0.352 e. The highest BCUT2D eigenvalue weighted by Gasteiger charge is 2.22. The Labute approximate surface area is 209 Å². The predicted molar refractivity (Wildman–Crippen MR) is 138 cm³/mol. The Morgan fingerprint density at radius 2 is 1.83 bits per heavy atom. The van der Waals surface area contributed by atoms with Crippen molar-refractivity contribution in [3.63, 3.8) is 0 Å². The number of fused-ring (bicyclic) bond motifs is 3. The van der Waals surface area contributed by atoms with Crippen LogP contribution in [0.1, 0.15) is 76.6 Å². The van der Waals surface area contributed by atoms with E-state index in [0.29, 0.717) is 23.0 Å². The molecule has 3 aromatic rings. The Morgan fingerprint density at radius 3 is 2.50 bits per heavy atom. The van der Waals surface area contributed by atoms with Crippen LogP contribution in [0.5, 0.6) is 0 Å². The summed E-state index contributed by atoms with van der Waals surface area (Å²) in [5, 5.41) is 10.6. The number of carbonyl (C=O) groups is 2. The molecule has 1 unspecified atom stereocenters. The van der Waals surface area contributed by atoms with Gasteiger partial charge in [0.05, 0.1) is 10.9 Å². The largest absolute Gasteiger partial charge is 0.352 e. The maximum atomic E-state index is 13.4. The molecule has 4 rings (SSSR count).